The Labute approximate surface area is 106 Å². The van der Waals surface area contributed by atoms with Gasteiger partial charge in [0.25, 0.3) is 0 Å². The van der Waals surface area contributed by atoms with Crippen LogP contribution >= 0.6 is 0 Å². The molecule has 2 heteroatoms. The molecule has 2 fully saturated rings. The van der Waals surface area contributed by atoms with Gasteiger partial charge in [-0.2, -0.15) is 0 Å². The lowest BCUT2D eigenvalue weighted by atomic mass is 9.56. The minimum Gasteiger partial charge on any atom is -0.389 e. The molecule has 0 spiro atoms. The Morgan fingerprint density at radius 3 is 2.24 bits per heavy atom. The van der Waals surface area contributed by atoms with Gasteiger partial charge in [-0.25, -0.2) is 0 Å². The minimum atomic E-state index is -0.478. The van der Waals surface area contributed by atoms with E-state index in [4.69, 9.17) is 5.73 Å². The molecule has 2 aliphatic carbocycles. The molecule has 0 heterocycles. The van der Waals surface area contributed by atoms with Crippen molar-refractivity contribution in [1.29, 1.82) is 0 Å². The molecule has 0 amide bonds. The summed E-state index contributed by atoms with van der Waals surface area (Å²) in [7, 11) is 0. The van der Waals surface area contributed by atoms with Crippen LogP contribution in [0.2, 0.25) is 0 Å². The van der Waals surface area contributed by atoms with Crippen molar-refractivity contribution >= 4 is 0 Å². The van der Waals surface area contributed by atoms with E-state index in [9.17, 15) is 5.11 Å². The number of aliphatic hydroxyl groups is 1. The Morgan fingerprint density at radius 2 is 1.71 bits per heavy atom. The molecule has 3 unspecified atom stereocenters. The summed E-state index contributed by atoms with van der Waals surface area (Å²) < 4.78 is 0. The predicted octanol–water partition coefficient (Wildman–Crippen LogP) is 3.08. The molecule has 2 saturated carbocycles. The molecule has 3 N–H and O–H groups in total. The third-order valence-corrected chi connectivity index (χ3v) is 5.83. The molecule has 0 aromatic rings. The fourth-order valence-corrected chi connectivity index (χ4v) is 4.16. The summed E-state index contributed by atoms with van der Waals surface area (Å²) in [6, 6.07) is 0. The van der Waals surface area contributed by atoms with Gasteiger partial charge in [-0.1, -0.05) is 33.1 Å². The lowest BCUT2D eigenvalue weighted by molar-refractivity contribution is -0.139. The Morgan fingerprint density at radius 1 is 1.06 bits per heavy atom. The molecule has 0 aliphatic heterocycles. The summed E-state index contributed by atoms with van der Waals surface area (Å²) in [4.78, 5) is 0. The average Bonchev–Trinajstić information content (AvgIpc) is 2.35. The van der Waals surface area contributed by atoms with Gasteiger partial charge in [0.15, 0.2) is 0 Å². The van der Waals surface area contributed by atoms with Crippen molar-refractivity contribution in [2.45, 2.75) is 70.8 Å². The number of hydrogen-bond donors (Lipinski definition) is 2. The molecule has 2 nitrogen and oxygen atoms in total. The highest BCUT2D eigenvalue weighted by atomic mass is 16.3. The highest BCUT2D eigenvalue weighted by molar-refractivity contribution is 5.03. The predicted molar refractivity (Wildman–Crippen MR) is 71.7 cm³/mol. The third-order valence-electron chi connectivity index (χ3n) is 5.83. The van der Waals surface area contributed by atoms with Gasteiger partial charge >= 0.3 is 0 Å². The van der Waals surface area contributed by atoms with E-state index in [0.29, 0.717) is 12.5 Å². The van der Waals surface area contributed by atoms with E-state index < -0.39 is 5.60 Å². The van der Waals surface area contributed by atoms with Crippen LogP contribution in [-0.4, -0.2) is 17.3 Å². The van der Waals surface area contributed by atoms with Crippen molar-refractivity contribution in [2.75, 3.05) is 6.54 Å². The van der Waals surface area contributed by atoms with Crippen molar-refractivity contribution < 1.29 is 5.11 Å². The van der Waals surface area contributed by atoms with E-state index in [2.05, 4.69) is 13.8 Å². The first-order chi connectivity index (χ1) is 8.03. The Hall–Kier alpha value is -0.0800. The van der Waals surface area contributed by atoms with E-state index in [1.165, 1.54) is 25.7 Å². The maximum atomic E-state index is 11.2. The van der Waals surface area contributed by atoms with Crippen LogP contribution in [0.4, 0.5) is 0 Å². The molecule has 3 atom stereocenters. The van der Waals surface area contributed by atoms with Gasteiger partial charge in [-0.15, -0.1) is 0 Å². The van der Waals surface area contributed by atoms with E-state index in [1.54, 1.807) is 0 Å². The normalized spacial score (nSPS) is 42.4. The summed E-state index contributed by atoms with van der Waals surface area (Å²) in [6.07, 6.45) is 9.21. The van der Waals surface area contributed by atoms with Crippen molar-refractivity contribution in [3.63, 3.8) is 0 Å². The van der Waals surface area contributed by atoms with Gasteiger partial charge in [0.1, 0.15) is 0 Å². The minimum absolute atomic E-state index is 0.0274. The van der Waals surface area contributed by atoms with E-state index in [1.807, 2.05) is 0 Å². The molecule has 100 valence electrons. The maximum absolute atomic E-state index is 11.2. The molecule has 0 bridgehead atoms. The molecule has 0 aromatic heterocycles. The van der Waals surface area contributed by atoms with Crippen LogP contribution in [0.5, 0.6) is 0 Å². The van der Waals surface area contributed by atoms with Crippen LogP contribution in [0.1, 0.15) is 65.2 Å². The zero-order chi connectivity index (χ0) is 12.5. The highest BCUT2D eigenvalue weighted by Crippen LogP contribution is 2.52. The second-order valence-corrected chi connectivity index (χ2v) is 6.77. The molecule has 17 heavy (non-hydrogen) atoms. The Balaban J connectivity index is 2.17. The molecule has 0 saturated heterocycles. The first-order valence-electron chi connectivity index (χ1n) is 7.45. The van der Waals surface area contributed by atoms with Crippen molar-refractivity contribution in [1.82, 2.24) is 0 Å². The summed E-state index contributed by atoms with van der Waals surface area (Å²) in [5, 5.41) is 11.2. The van der Waals surface area contributed by atoms with Crippen molar-refractivity contribution in [3.8, 4) is 0 Å². The van der Waals surface area contributed by atoms with Gasteiger partial charge in [0, 0.05) is 12.0 Å². The van der Waals surface area contributed by atoms with Crippen LogP contribution in [0.3, 0.4) is 0 Å². The Bertz CT molecular complexity index is 260. The van der Waals surface area contributed by atoms with Gasteiger partial charge in [-0.05, 0) is 43.9 Å². The first-order valence-corrected chi connectivity index (χ1v) is 7.45. The summed E-state index contributed by atoms with van der Waals surface area (Å²) in [5.41, 5.74) is 5.62. The molecule has 2 aliphatic rings. The maximum Gasteiger partial charge on any atom is 0.0718 e. The van der Waals surface area contributed by atoms with E-state index in [-0.39, 0.29) is 5.41 Å². The molecule has 0 radical (unpaired) electrons. The fourth-order valence-electron chi connectivity index (χ4n) is 4.16. The molecular weight excluding hydrogens is 210 g/mol. The Kier molecular flexibility index (Phi) is 3.84. The fraction of sp³-hybridized carbons (Fsp3) is 1.00. The lowest BCUT2D eigenvalue weighted by Gasteiger charge is -2.53. The molecule has 2 rings (SSSR count). The lowest BCUT2D eigenvalue weighted by Crippen LogP contribution is -2.56. The zero-order valence-electron chi connectivity index (χ0n) is 11.5. The number of hydrogen-bond acceptors (Lipinski definition) is 2. The molecule has 0 aromatic carbocycles. The highest BCUT2D eigenvalue weighted by Gasteiger charge is 2.51. The van der Waals surface area contributed by atoms with Crippen LogP contribution < -0.4 is 5.73 Å². The van der Waals surface area contributed by atoms with E-state index >= 15 is 0 Å². The monoisotopic (exact) mass is 239 g/mol. The van der Waals surface area contributed by atoms with E-state index in [0.717, 1.165) is 31.6 Å². The van der Waals surface area contributed by atoms with Gasteiger partial charge in [0.2, 0.25) is 0 Å². The van der Waals surface area contributed by atoms with Crippen LogP contribution in [-0.2, 0) is 0 Å². The number of rotatable bonds is 2. The largest absolute Gasteiger partial charge is 0.389 e. The van der Waals surface area contributed by atoms with Gasteiger partial charge in [0.05, 0.1) is 5.60 Å². The standard InChI is InChI=1S/C15H29NO/c1-12-6-9-15(17,10-13(12)2)14(11-16)7-4-3-5-8-14/h12-13,17H,3-11,16H2,1-2H3. The molecular formula is C15H29NO. The smallest absolute Gasteiger partial charge is 0.0718 e. The zero-order valence-corrected chi connectivity index (χ0v) is 11.5. The quantitative estimate of drug-likeness (QED) is 0.778. The average molecular weight is 239 g/mol. The summed E-state index contributed by atoms with van der Waals surface area (Å²) in [5.74, 6) is 1.40. The van der Waals surface area contributed by atoms with Crippen molar-refractivity contribution in [2.24, 2.45) is 23.0 Å². The van der Waals surface area contributed by atoms with Crippen molar-refractivity contribution in [3.05, 3.63) is 0 Å². The summed E-state index contributed by atoms with van der Waals surface area (Å²) in [6.45, 7) is 5.28. The van der Waals surface area contributed by atoms with Crippen LogP contribution in [0.25, 0.3) is 0 Å². The van der Waals surface area contributed by atoms with Gasteiger partial charge < -0.3 is 10.8 Å². The number of nitrogens with two attached hydrogens (primary N) is 1. The second-order valence-electron chi connectivity index (χ2n) is 6.77. The second kappa shape index (κ2) is 4.89. The van der Waals surface area contributed by atoms with Crippen LogP contribution in [0, 0.1) is 17.3 Å². The van der Waals surface area contributed by atoms with Crippen LogP contribution in [0.15, 0.2) is 0 Å². The first kappa shape index (κ1) is 13.4. The SMILES string of the molecule is CC1CCC(O)(C2(CN)CCCCC2)CC1C. The summed E-state index contributed by atoms with van der Waals surface area (Å²) >= 11 is 0. The third kappa shape index (κ3) is 2.26. The van der Waals surface area contributed by atoms with Gasteiger partial charge in [-0.3, -0.25) is 0 Å². The topological polar surface area (TPSA) is 46.2 Å².